The Labute approximate surface area is 172 Å². The van der Waals surface area contributed by atoms with Crippen LogP contribution in [0, 0.1) is 0 Å². The molecule has 0 aromatic carbocycles. The molecule has 1 atom stereocenters. The van der Waals surface area contributed by atoms with E-state index in [9.17, 15) is 27.6 Å². The van der Waals surface area contributed by atoms with E-state index in [1.165, 1.54) is 20.8 Å². The second-order valence-corrected chi connectivity index (χ2v) is 7.99. The van der Waals surface area contributed by atoms with Crippen LogP contribution in [0.2, 0.25) is 0 Å². The van der Waals surface area contributed by atoms with Gasteiger partial charge in [0.05, 0.1) is 23.9 Å². The molecule has 9 nitrogen and oxygen atoms in total. The summed E-state index contributed by atoms with van der Waals surface area (Å²) in [5.74, 6) is -1.57. The van der Waals surface area contributed by atoms with Gasteiger partial charge < -0.3 is 20.1 Å². The molecule has 0 saturated heterocycles. The van der Waals surface area contributed by atoms with Crippen molar-refractivity contribution < 1.29 is 37.0 Å². The molecule has 2 N–H and O–H groups in total. The molecule has 1 rings (SSSR count). The van der Waals surface area contributed by atoms with Crippen molar-refractivity contribution in [1.29, 1.82) is 0 Å². The van der Waals surface area contributed by atoms with E-state index in [4.69, 9.17) is 9.47 Å². The lowest BCUT2D eigenvalue weighted by Gasteiger charge is -2.33. The molecule has 0 bridgehead atoms. The van der Waals surface area contributed by atoms with Crippen molar-refractivity contribution >= 4 is 18.0 Å². The van der Waals surface area contributed by atoms with E-state index < -0.39 is 53.4 Å². The van der Waals surface area contributed by atoms with Gasteiger partial charge in [-0.15, -0.1) is 0 Å². The Morgan fingerprint density at radius 2 is 1.77 bits per heavy atom. The van der Waals surface area contributed by atoms with Crippen LogP contribution in [-0.4, -0.2) is 52.0 Å². The molecular formula is C18H27F3N4O5. The van der Waals surface area contributed by atoms with Crippen LogP contribution in [0.1, 0.15) is 53.1 Å². The van der Waals surface area contributed by atoms with Crippen molar-refractivity contribution in [3.8, 4) is 0 Å². The Morgan fingerprint density at radius 3 is 2.23 bits per heavy atom. The number of carbonyl (C=O) groups is 3. The first-order chi connectivity index (χ1) is 13.6. The van der Waals surface area contributed by atoms with Gasteiger partial charge in [-0.05, 0) is 41.5 Å². The van der Waals surface area contributed by atoms with Gasteiger partial charge in [-0.3, -0.25) is 9.48 Å². The largest absolute Gasteiger partial charge is 0.464 e. The number of ether oxygens (including phenoxy) is 2. The van der Waals surface area contributed by atoms with E-state index in [1.54, 1.807) is 20.8 Å². The number of amides is 2. The van der Waals surface area contributed by atoms with Crippen LogP contribution in [-0.2, 0) is 25.2 Å². The fraction of sp³-hybridized carbons (Fsp3) is 0.667. The molecule has 0 radical (unpaired) electrons. The molecule has 0 fully saturated rings. The molecule has 0 spiro atoms. The number of halogens is 3. The predicted molar refractivity (Wildman–Crippen MR) is 99.4 cm³/mol. The van der Waals surface area contributed by atoms with Gasteiger partial charge in [0, 0.05) is 6.20 Å². The van der Waals surface area contributed by atoms with Gasteiger partial charge in [0.1, 0.15) is 12.1 Å². The SMILES string of the molecule is CCOC(=O)C(n1cc(C(F)(F)F)cn1)C(C)(C)NC(=O)CNC(=O)OC(C)(C)C. The van der Waals surface area contributed by atoms with Crippen LogP contribution in [0.15, 0.2) is 12.4 Å². The first-order valence-corrected chi connectivity index (χ1v) is 9.12. The van der Waals surface area contributed by atoms with Crippen LogP contribution in [0.5, 0.6) is 0 Å². The Balaban J connectivity index is 2.97. The third-order valence-electron chi connectivity index (χ3n) is 3.64. The Kier molecular flexibility index (Phi) is 7.87. The summed E-state index contributed by atoms with van der Waals surface area (Å²) in [6.45, 7) is 8.85. The Morgan fingerprint density at radius 1 is 1.17 bits per heavy atom. The molecule has 0 aliphatic carbocycles. The number of alkyl carbamates (subject to hydrolysis) is 1. The minimum atomic E-state index is -4.65. The lowest BCUT2D eigenvalue weighted by Crippen LogP contribution is -2.55. The standard InChI is InChI=1S/C18H27F3N4O5/c1-7-29-14(27)13(25-10-11(8-23-25)18(19,20)21)17(5,6)24-12(26)9-22-15(28)30-16(2,3)4/h8,10,13H,7,9H2,1-6H3,(H,22,28)(H,24,26). The summed E-state index contributed by atoms with van der Waals surface area (Å²) in [6.07, 6.45) is -4.23. The minimum absolute atomic E-state index is 0.0209. The molecule has 0 saturated carbocycles. The van der Waals surface area contributed by atoms with Crippen molar-refractivity contribution in [1.82, 2.24) is 20.4 Å². The van der Waals surface area contributed by atoms with Crippen molar-refractivity contribution in [2.24, 2.45) is 0 Å². The Hall–Kier alpha value is -2.79. The number of aromatic nitrogens is 2. The van der Waals surface area contributed by atoms with Crippen molar-refractivity contribution in [3.63, 3.8) is 0 Å². The van der Waals surface area contributed by atoms with Crippen molar-refractivity contribution in [3.05, 3.63) is 18.0 Å². The highest BCUT2D eigenvalue weighted by atomic mass is 19.4. The maximum absolute atomic E-state index is 12.9. The monoisotopic (exact) mass is 436 g/mol. The van der Waals surface area contributed by atoms with Gasteiger partial charge in [-0.1, -0.05) is 0 Å². The minimum Gasteiger partial charge on any atom is -0.464 e. The number of esters is 1. The average molecular weight is 436 g/mol. The first kappa shape index (κ1) is 25.2. The number of nitrogens with one attached hydrogen (secondary N) is 2. The van der Waals surface area contributed by atoms with Crippen LogP contribution in [0.25, 0.3) is 0 Å². The summed E-state index contributed by atoms with van der Waals surface area (Å²) in [5, 5.41) is 8.40. The summed E-state index contributed by atoms with van der Waals surface area (Å²) >= 11 is 0. The van der Waals surface area contributed by atoms with Gasteiger partial charge in [0.2, 0.25) is 5.91 Å². The third-order valence-corrected chi connectivity index (χ3v) is 3.64. The van der Waals surface area contributed by atoms with E-state index in [1.807, 2.05) is 0 Å². The van der Waals surface area contributed by atoms with Gasteiger partial charge in [0.25, 0.3) is 0 Å². The predicted octanol–water partition coefficient (Wildman–Crippen LogP) is 2.43. The quantitative estimate of drug-likeness (QED) is 0.635. The third kappa shape index (κ3) is 7.56. The van der Waals surface area contributed by atoms with E-state index in [-0.39, 0.29) is 6.61 Å². The smallest absolute Gasteiger partial charge is 0.419 e. The van der Waals surface area contributed by atoms with E-state index in [0.29, 0.717) is 12.4 Å². The fourth-order valence-corrected chi connectivity index (χ4v) is 2.52. The molecule has 170 valence electrons. The number of hydrogen-bond donors (Lipinski definition) is 2. The van der Waals surface area contributed by atoms with Crippen LogP contribution >= 0.6 is 0 Å². The molecule has 1 heterocycles. The molecule has 0 aliphatic rings. The van der Waals surface area contributed by atoms with E-state index >= 15 is 0 Å². The summed E-state index contributed by atoms with van der Waals surface area (Å²) in [7, 11) is 0. The second kappa shape index (κ2) is 9.35. The highest BCUT2D eigenvalue weighted by Gasteiger charge is 2.41. The van der Waals surface area contributed by atoms with Crippen molar-refractivity contribution in [2.45, 2.75) is 64.9 Å². The zero-order chi connectivity index (χ0) is 23.3. The number of nitrogens with zero attached hydrogens (tertiary/aromatic N) is 2. The number of hydrogen-bond acceptors (Lipinski definition) is 6. The summed E-state index contributed by atoms with van der Waals surface area (Å²) in [4.78, 5) is 36.4. The second-order valence-electron chi connectivity index (χ2n) is 7.99. The molecule has 30 heavy (non-hydrogen) atoms. The van der Waals surface area contributed by atoms with Gasteiger partial charge in [-0.2, -0.15) is 18.3 Å². The first-order valence-electron chi connectivity index (χ1n) is 9.12. The Bertz CT molecular complexity index is 769. The average Bonchev–Trinajstić information content (AvgIpc) is 3.00. The topological polar surface area (TPSA) is 112 Å². The molecular weight excluding hydrogens is 409 g/mol. The lowest BCUT2D eigenvalue weighted by atomic mass is 9.94. The molecule has 1 unspecified atom stereocenters. The van der Waals surface area contributed by atoms with Gasteiger partial charge in [-0.25, -0.2) is 9.59 Å². The van der Waals surface area contributed by atoms with Gasteiger partial charge >= 0.3 is 18.2 Å². The lowest BCUT2D eigenvalue weighted by molar-refractivity contribution is -0.150. The molecule has 1 aromatic rings. The summed E-state index contributed by atoms with van der Waals surface area (Å²) in [5.41, 5.74) is -3.22. The highest BCUT2D eigenvalue weighted by Crippen LogP contribution is 2.31. The zero-order valence-corrected chi connectivity index (χ0v) is 17.7. The normalized spacial score (nSPS) is 13.4. The maximum Gasteiger partial charge on any atom is 0.419 e. The number of alkyl halides is 3. The van der Waals surface area contributed by atoms with Gasteiger partial charge in [0.15, 0.2) is 6.04 Å². The van der Waals surface area contributed by atoms with Crippen molar-refractivity contribution in [2.75, 3.05) is 13.2 Å². The molecule has 2 amide bonds. The molecule has 0 aliphatic heterocycles. The molecule has 1 aromatic heterocycles. The summed E-state index contributed by atoms with van der Waals surface area (Å²) in [6, 6.07) is -1.39. The van der Waals surface area contributed by atoms with Crippen LogP contribution in [0.4, 0.5) is 18.0 Å². The van der Waals surface area contributed by atoms with Crippen LogP contribution in [0.3, 0.4) is 0 Å². The fourth-order valence-electron chi connectivity index (χ4n) is 2.52. The number of rotatable bonds is 7. The summed E-state index contributed by atoms with van der Waals surface area (Å²) < 4.78 is 49.5. The van der Waals surface area contributed by atoms with E-state index in [2.05, 4.69) is 15.7 Å². The van der Waals surface area contributed by atoms with E-state index in [0.717, 1.165) is 4.68 Å². The number of carbonyl (C=O) groups excluding carboxylic acids is 3. The molecule has 12 heteroatoms. The maximum atomic E-state index is 12.9. The zero-order valence-electron chi connectivity index (χ0n) is 17.7. The highest BCUT2D eigenvalue weighted by molar-refractivity contribution is 5.84. The van der Waals surface area contributed by atoms with Crippen LogP contribution < -0.4 is 10.6 Å².